The second-order valence-corrected chi connectivity index (χ2v) is 7.66. The van der Waals surface area contributed by atoms with Gasteiger partial charge in [-0.1, -0.05) is 29.3 Å². The monoisotopic (exact) mass is 422 g/mol. The Hall–Kier alpha value is -2.02. The molecule has 0 saturated heterocycles. The summed E-state index contributed by atoms with van der Waals surface area (Å²) in [5, 5.41) is 10.7. The van der Waals surface area contributed by atoms with Crippen LogP contribution in [0, 0.1) is 5.92 Å². The standard InChI is InChI=1S/C19H23BrN2O4/c1-3-4-9-26-16-15-10-13(20)7-8-14(15)18(23)22(11-12-5-6-12)17(16)21(2)19(24)25/h7-8,10,12H,3-6,9,11H2,1-2H3,(H,24,25). The molecule has 1 amide bonds. The van der Waals surface area contributed by atoms with Crippen LogP contribution in [0.5, 0.6) is 5.75 Å². The fraction of sp³-hybridized carbons (Fsp3) is 0.474. The molecule has 1 fully saturated rings. The second-order valence-electron chi connectivity index (χ2n) is 6.75. The molecule has 140 valence electrons. The molecule has 0 atom stereocenters. The van der Waals surface area contributed by atoms with Gasteiger partial charge in [-0.05, 0) is 43.4 Å². The number of halogens is 1. The average molecular weight is 423 g/mol. The number of carbonyl (C=O) groups is 1. The summed E-state index contributed by atoms with van der Waals surface area (Å²) >= 11 is 3.44. The highest BCUT2D eigenvalue weighted by atomic mass is 79.9. The maximum atomic E-state index is 13.1. The van der Waals surface area contributed by atoms with Gasteiger partial charge in [0.2, 0.25) is 0 Å². The van der Waals surface area contributed by atoms with E-state index in [9.17, 15) is 14.7 Å². The van der Waals surface area contributed by atoms with Gasteiger partial charge < -0.3 is 9.84 Å². The SMILES string of the molecule is CCCCOc1c(N(C)C(=O)O)n(CC2CC2)c(=O)c2ccc(Br)cc12. The zero-order valence-corrected chi connectivity index (χ0v) is 16.6. The first-order valence-electron chi connectivity index (χ1n) is 8.89. The number of benzene rings is 1. The van der Waals surface area contributed by atoms with E-state index in [2.05, 4.69) is 22.9 Å². The topological polar surface area (TPSA) is 71.8 Å². The van der Waals surface area contributed by atoms with Crippen LogP contribution in [0.15, 0.2) is 27.5 Å². The van der Waals surface area contributed by atoms with Crippen LogP contribution in [0.25, 0.3) is 10.8 Å². The minimum absolute atomic E-state index is 0.176. The Bertz CT molecular complexity index is 889. The summed E-state index contributed by atoms with van der Waals surface area (Å²) in [7, 11) is 1.46. The van der Waals surface area contributed by atoms with Gasteiger partial charge in [-0.2, -0.15) is 0 Å². The fourth-order valence-corrected chi connectivity index (χ4v) is 3.35. The number of nitrogens with zero attached hydrogens (tertiary/aromatic N) is 2. The van der Waals surface area contributed by atoms with Crippen molar-refractivity contribution < 1.29 is 14.6 Å². The van der Waals surface area contributed by atoms with E-state index < -0.39 is 6.09 Å². The molecule has 1 saturated carbocycles. The minimum atomic E-state index is -1.12. The van der Waals surface area contributed by atoms with E-state index in [0.29, 0.717) is 41.4 Å². The summed E-state index contributed by atoms with van der Waals surface area (Å²) in [5.41, 5.74) is -0.176. The van der Waals surface area contributed by atoms with Gasteiger partial charge in [0.1, 0.15) is 0 Å². The highest BCUT2D eigenvalue weighted by molar-refractivity contribution is 9.10. The van der Waals surface area contributed by atoms with Gasteiger partial charge >= 0.3 is 6.09 Å². The number of rotatable bonds is 7. The summed E-state index contributed by atoms with van der Waals surface area (Å²) in [6, 6.07) is 5.41. The van der Waals surface area contributed by atoms with Crippen molar-refractivity contribution in [2.75, 3.05) is 18.6 Å². The zero-order chi connectivity index (χ0) is 18.8. The third-order valence-corrected chi connectivity index (χ3v) is 5.14. The Morgan fingerprint density at radius 1 is 1.38 bits per heavy atom. The van der Waals surface area contributed by atoms with Gasteiger partial charge in [-0.3, -0.25) is 14.3 Å². The summed E-state index contributed by atoms with van der Waals surface area (Å²) < 4.78 is 8.42. The van der Waals surface area contributed by atoms with E-state index in [0.717, 1.165) is 35.1 Å². The molecule has 0 radical (unpaired) electrons. The third-order valence-electron chi connectivity index (χ3n) is 4.65. The number of hydrogen-bond acceptors (Lipinski definition) is 3. The van der Waals surface area contributed by atoms with Gasteiger partial charge in [-0.15, -0.1) is 0 Å². The number of hydrogen-bond donors (Lipinski definition) is 1. The van der Waals surface area contributed by atoms with E-state index in [1.165, 1.54) is 7.05 Å². The van der Waals surface area contributed by atoms with Crippen LogP contribution in [-0.4, -0.2) is 29.4 Å². The number of amides is 1. The Kier molecular flexibility index (Phi) is 5.55. The molecule has 0 unspecified atom stereocenters. The molecule has 0 aliphatic heterocycles. The Morgan fingerprint density at radius 3 is 2.73 bits per heavy atom. The van der Waals surface area contributed by atoms with Crippen LogP contribution in [0.4, 0.5) is 10.6 Å². The van der Waals surface area contributed by atoms with Crippen LogP contribution in [0.2, 0.25) is 0 Å². The molecule has 0 spiro atoms. The van der Waals surface area contributed by atoms with E-state index in [-0.39, 0.29) is 5.56 Å². The highest BCUT2D eigenvalue weighted by Crippen LogP contribution is 2.38. The molecular formula is C19H23BrN2O4. The van der Waals surface area contributed by atoms with Crippen molar-refractivity contribution in [2.24, 2.45) is 5.92 Å². The summed E-state index contributed by atoms with van der Waals surface area (Å²) in [5.74, 6) is 1.20. The fourth-order valence-electron chi connectivity index (χ4n) is 2.99. The molecule has 1 aliphatic carbocycles. The molecule has 7 heteroatoms. The smallest absolute Gasteiger partial charge is 0.412 e. The zero-order valence-electron chi connectivity index (χ0n) is 15.0. The van der Waals surface area contributed by atoms with Crippen molar-refractivity contribution >= 4 is 38.6 Å². The normalized spacial score (nSPS) is 13.8. The number of aromatic nitrogens is 1. The first-order chi connectivity index (χ1) is 12.4. The van der Waals surface area contributed by atoms with E-state index in [1.54, 1.807) is 10.6 Å². The van der Waals surface area contributed by atoms with Gasteiger partial charge in [0.15, 0.2) is 11.6 Å². The molecule has 26 heavy (non-hydrogen) atoms. The molecule has 1 aromatic heterocycles. The molecular weight excluding hydrogens is 400 g/mol. The number of unbranched alkanes of at least 4 members (excludes halogenated alkanes) is 1. The molecule has 1 aliphatic rings. The number of anilines is 1. The van der Waals surface area contributed by atoms with Crippen LogP contribution in [0.1, 0.15) is 32.6 Å². The van der Waals surface area contributed by atoms with Crippen molar-refractivity contribution in [2.45, 2.75) is 39.2 Å². The first kappa shape index (κ1) is 18.8. The molecule has 1 aromatic carbocycles. The summed E-state index contributed by atoms with van der Waals surface area (Å²) in [4.78, 5) is 25.9. The number of carboxylic acid groups (broad SMARTS) is 1. The lowest BCUT2D eigenvalue weighted by molar-refractivity contribution is 0.202. The number of pyridine rings is 1. The largest absolute Gasteiger partial charge is 0.489 e. The third kappa shape index (κ3) is 3.72. The van der Waals surface area contributed by atoms with Crippen LogP contribution in [-0.2, 0) is 6.54 Å². The maximum Gasteiger partial charge on any atom is 0.412 e. The van der Waals surface area contributed by atoms with Gasteiger partial charge in [-0.25, -0.2) is 4.79 Å². The van der Waals surface area contributed by atoms with E-state index >= 15 is 0 Å². The van der Waals surface area contributed by atoms with Crippen LogP contribution in [0.3, 0.4) is 0 Å². The van der Waals surface area contributed by atoms with Crippen molar-refractivity contribution in [3.63, 3.8) is 0 Å². The van der Waals surface area contributed by atoms with Crippen molar-refractivity contribution in [1.29, 1.82) is 0 Å². The minimum Gasteiger partial charge on any atom is -0.489 e. The Balaban J connectivity index is 2.28. The van der Waals surface area contributed by atoms with Gasteiger partial charge in [0.05, 0.1) is 12.0 Å². The van der Waals surface area contributed by atoms with Crippen LogP contribution >= 0.6 is 15.9 Å². The Labute approximate surface area is 160 Å². The molecule has 1 heterocycles. The molecule has 6 nitrogen and oxygen atoms in total. The van der Waals surface area contributed by atoms with E-state index in [4.69, 9.17) is 4.74 Å². The molecule has 2 aromatic rings. The molecule has 0 bridgehead atoms. The Morgan fingerprint density at radius 2 is 2.12 bits per heavy atom. The predicted molar refractivity (Wildman–Crippen MR) is 105 cm³/mol. The predicted octanol–water partition coefficient (Wildman–Crippen LogP) is 4.47. The average Bonchev–Trinajstić information content (AvgIpc) is 3.42. The maximum absolute atomic E-state index is 13.1. The second kappa shape index (κ2) is 7.70. The van der Waals surface area contributed by atoms with Crippen LogP contribution < -0.4 is 15.2 Å². The van der Waals surface area contributed by atoms with Gasteiger partial charge in [0, 0.05) is 23.5 Å². The number of ether oxygens (including phenoxy) is 1. The molecule has 1 N–H and O–H groups in total. The van der Waals surface area contributed by atoms with Crippen molar-refractivity contribution in [3.8, 4) is 5.75 Å². The number of fused-ring (bicyclic) bond motifs is 1. The lowest BCUT2D eigenvalue weighted by Crippen LogP contribution is -2.33. The summed E-state index contributed by atoms with van der Waals surface area (Å²) in [6.07, 6.45) is 2.82. The first-order valence-corrected chi connectivity index (χ1v) is 9.68. The quantitative estimate of drug-likeness (QED) is 0.668. The highest BCUT2D eigenvalue weighted by Gasteiger charge is 2.29. The lowest BCUT2D eigenvalue weighted by Gasteiger charge is -2.24. The summed E-state index contributed by atoms with van der Waals surface area (Å²) in [6.45, 7) is 3.05. The molecule has 3 rings (SSSR count). The van der Waals surface area contributed by atoms with Gasteiger partial charge in [0.25, 0.3) is 5.56 Å². The van der Waals surface area contributed by atoms with Crippen molar-refractivity contribution in [3.05, 3.63) is 33.0 Å². The van der Waals surface area contributed by atoms with E-state index in [1.807, 2.05) is 12.1 Å². The lowest BCUT2D eigenvalue weighted by atomic mass is 10.1. The van der Waals surface area contributed by atoms with Crippen molar-refractivity contribution in [1.82, 2.24) is 4.57 Å².